The largest absolute Gasteiger partial charge is 0.444 e. The van der Waals surface area contributed by atoms with E-state index in [4.69, 9.17) is 9.47 Å². The van der Waals surface area contributed by atoms with Gasteiger partial charge >= 0.3 is 6.09 Å². The first-order chi connectivity index (χ1) is 11.1. The Hall–Kier alpha value is -1.30. The van der Waals surface area contributed by atoms with Gasteiger partial charge in [-0.3, -0.25) is 4.79 Å². The molecule has 0 spiro atoms. The number of ether oxygens (including phenoxy) is 2. The van der Waals surface area contributed by atoms with Crippen molar-refractivity contribution in [1.82, 2.24) is 10.2 Å². The maximum Gasteiger partial charge on any atom is 0.408 e. The molecule has 24 heavy (non-hydrogen) atoms. The lowest BCUT2D eigenvalue weighted by Crippen LogP contribution is -2.54. The van der Waals surface area contributed by atoms with Crippen LogP contribution in [0.1, 0.15) is 54.4 Å². The van der Waals surface area contributed by atoms with E-state index in [1.807, 2.05) is 46.4 Å². The van der Waals surface area contributed by atoms with E-state index < -0.39 is 17.7 Å². The highest BCUT2D eigenvalue weighted by atomic mass is 16.6. The minimum absolute atomic E-state index is 0.00251. The van der Waals surface area contributed by atoms with Gasteiger partial charge < -0.3 is 19.7 Å². The van der Waals surface area contributed by atoms with E-state index in [0.717, 1.165) is 19.4 Å². The summed E-state index contributed by atoms with van der Waals surface area (Å²) in [5.41, 5.74) is -0.581. The summed E-state index contributed by atoms with van der Waals surface area (Å²) < 4.78 is 10.8. The number of alkyl carbamates (subject to hydrolysis) is 1. The Morgan fingerprint density at radius 3 is 2.50 bits per heavy atom. The van der Waals surface area contributed by atoms with Gasteiger partial charge in [-0.25, -0.2) is 4.79 Å². The fourth-order valence-electron chi connectivity index (χ4n) is 2.83. The molecule has 140 valence electrons. The van der Waals surface area contributed by atoms with Crippen molar-refractivity contribution in [2.45, 2.75) is 66.0 Å². The summed E-state index contributed by atoms with van der Waals surface area (Å²) in [7, 11) is 0. The van der Waals surface area contributed by atoms with Crippen LogP contribution in [0.3, 0.4) is 0 Å². The molecule has 2 unspecified atom stereocenters. The molecule has 1 heterocycles. The van der Waals surface area contributed by atoms with E-state index in [0.29, 0.717) is 25.7 Å². The highest BCUT2D eigenvalue weighted by Crippen LogP contribution is 2.19. The Morgan fingerprint density at radius 2 is 1.96 bits per heavy atom. The van der Waals surface area contributed by atoms with E-state index in [-0.39, 0.29) is 11.8 Å². The van der Waals surface area contributed by atoms with Crippen LogP contribution in [0.15, 0.2) is 0 Å². The summed E-state index contributed by atoms with van der Waals surface area (Å²) in [4.78, 5) is 26.8. The molecule has 2 atom stereocenters. The van der Waals surface area contributed by atoms with Gasteiger partial charge in [0.05, 0.1) is 6.61 Å². The van der Waals surface area contributed by atoms with E-state index >= 15 is 0 Å². The zero-order chi connectivity index (χ0) is 18.3. The molecule has 1 aliphatic heterocycles. The molecule has 0 saturated carbocycles. The van der Waals surface area contributed by atoms with Gasteiger partial charge in [-0.1, -0.05) is 13.8 Å². The Balaban J connectivity index is 2.67. The quantitative estimate of drug-likeness (QED) is 0.806. The fourth-order valence-corrected chi connectivity index (χ4v) is 2.83. The summed E-state index contributed by atoms with van der Waals surface area (Å²) >= 11 is 0. The maximum atomic E-state index is 12.9. The molecule has 1 saturated heterocycles. The standard InChI is InChI=1S/C18H34N2O4/c1-7-23-12-14-9-8-10-20(11-14)16(21)15(13(2)3)19-17(22)24-18(4,5)6/h13-15H,7-12H2,1-6H3,(H,19,22). The number of rotatable bonds is 6. The number of nitrogens with zero attached hydrogens (tertiary/aromatic N) is 1. The number of amides is 2. The van der Waals surface area contributed by atoms with Crippen molar-refractivity contribution < 1.29 is 19.1 Å². The maximum absolute atomic E-state index is 12.9. The molecular formula is C18H34N2O4. The lowest BCUT2D eigenvalue weighted by molar-refractivity contribution is -0.136. The Labute approximate surface area is 146 Å². The number of hydrogen-bond acceptors (Lipinski definition) is 4. The third kappa shape index (κ3) is 7.07. The molecular weight excluding hydrogens is 308 g/mol. The first-order valence-corrected chi connectivity index (χ1v) is 9.00. The summed E-state index contributed by atoms with van der Waals surface area (Å²) in [6.45, 7) is 14.1. The van der Waals surface area contributed by atoms with Crippen molar-refractivity contribution in [2.24, 2.45) is 11.8 Å². The second-order valence-electron chi connectivity index (χ2n) is 7.82. The lowest BCUT2D eigenvalue weighted by atomic mass is 9.96. The zero-order valence-corrected chi connectivity index (χ0v) is 16.1. The van der Waals surface area contributed by atoms with E-state index in [1.165, 1.54) is 0 Å². The number of piperidine rings is 1. The molecule has 6 nitrogen and oxygen atoms in total. The van der Waals surface area contributed by atoms with Crippen LogP contribution in [-0.2, 0) is 14.3 Å². The minimum Gasteiger partial charge on any atom is -0.444 e. The summed E-state index contributed by atoms with van der Waals surface area (Å²) in [6, 6.07) is -0.564. The van der Waals surface area contributed by atoms with Gasteiger partial charge in [0.1, 0.15) is 11.6 Å². The van der Waals surface area contributed by atoms with Gasteiger partial charge in [0.15, 0.2) is 0 Å². The first kappa shape index (κ1) is 20.7. The third-order valence-electron chi connectivity index (χ3n) is 3.99. The second-order valence-corrected chi connectivity index (χ2v) is 7.82. The van der Waals surface area contributed by atoms with Crippen molar-refractivity contribution in [3.63, 3.8) is 0 Å². The minimum atomic E-state index is -0.581. The van der Waals surface area contributed by atoms with Gasteiger partial charge in [-0.05, 0) is 52.4 Å². The van der Waals surface area contributed by atoms with Crippen LogP contribution >= 0.6 is 0 Å². The van der Waals surface area contributed by atoms with Crippen molar-refractivity contribution in [3.05, 3.63) is 0 Å². The van der Waals surface area contributed by atoms with Crippen LogP contribution in [0.4, 0.5) is 4.79 Å². The van der Waals surface area contributed by atoms with Gasteiger partial charge in [-0.15, -0.1) is 0 Å². The van der Waals surface area contributed by atoms with Crippen LogP contribution in [-0.4, -0.2) is 54.8 Å². The molecule has 6 heteroatoms. The highest BCUT2D eigenvalue weighted by molar-refractivity contribution is 5.86. The Kier molecular flexibility index (Phi) is 8.00. The number of carbonyl (C=O) groups is 2. The van der Waals surface area contributed by atoms with Crippen molar-refractivity contribution in [2.75, 3.05) is 26.3 Å². The van der Waals surface area contributed by atoms with Gasteiger partial charge in [0.25, 0.3) is 0 Å². The van der Waals surface area contributed by atoms with Gasteiger partial charge in [0.2, 0.25) is 5.91 Å². The zero-order valence-electron chi connectivity index (χ0n) is 16.1. The summed E-state index contributed by atoms with van der Waals surface area (Å²) in [6.07, 6.45) is 1.51. The molecule has 1 aliphatic rings. The van der Waals surface area contributed by atoms with Crippen molar-refractivity contribution in [1.29, 1.82) is 0 Å². The van der Waals surface area contributed by atoms with Gasteiger partial charge in [-0.2, -0.15) is 0 Å². The van der Waals surface area contributed by atoms with Gasteiger partial charge in [0, 0.05) is 19.7 Å². The molecule has 0 radical (unpaired) electrons. The van der Waals surface area contributed by atoms with Crippen LogP contribution in [0, 0.1) is 11.8 Å². The van der Waals surface area contributed by atoms with Crippen LogP contribution in [0.25, 0.3) is 0 Å². The smallest absolute Gasteiger partial charge is 0.408 e. The average Bonchev–Trinajstić information content (AvgIpc) is 2.48. The molecule has 0 bridgehead atoms. The molecule has 0 aromatic rings. The molecule has 1 fully saturated rings. The first-order valence-electron chi connectivity index (χ1n) is 9.00. The van der Waals surface area contributed by atoms with E-state index in [9.17, 15) is 9.59 Å². The SMILES string of the molecule is CCOCC1CCCN(C(=O)C(NC(=O)OC(C)(C)C)C(C)C)C1. The summed E-state index contributed by atoms with van der Waals surface area (Å²) in [5, 5.41) is 2.74. The molecule has 2 amide bonds. The van der Waals surface area contributed by atoms with Crippen LogP contribution in [0.5, 0.6) is 0 Å². The second kappa shape index (κ2) is 9.25. The highest BCUT2D eigenvalue weighted by Gasteiger charge is 2.32. The number of carbonyl (C=O) groups excluding carboxylic acids is 2. The molecule has 1 rings (SSSR count). The number of nitrogens with one attached hydrogen (secondary N) is 1. The molecule has 0 aromatic heterocycles. The number of likely N-dealkylation sites (tertiary alicyclic amines) is 1. The number of hydrogen-bond donors (Lipinski definition) is 1. The van der Waals surface area contributed by atoms with E-state index in [2.05, 4.69) is 5.32 Å². The Morgan fingerprint density at radius 1 is 1.29 bits per heavy atom. The van der Waals surface area contributed by atoms with Crippen molar-refractivity contribution >= 4 is 12.0 Å². The normalized spacial score (nSPS) is 20.0. The topological polar surface area (TPSA) is 67.9 Å². The predicted octanol–water partition coefficient (Wildman–Crippen LogP) is 2.81. The van der Waals surface area contributed by atoms with Crippen molar-refractivity contribution in [3.8, 4) is 0 Å². The summed E-state index contributed by atoms with van der Waals surface area (Å²) in [5.74, 6) is 0.339. The predicted molar refractivity (Wildman–Crippen MR) is 93.8 cm³/mol. The third-order valence-corrected chi connectivity index (χ3v) is 3.99. The fraction of sp³-hybridized carbons (Fsp3) is 0.889. The van der Waals surface area contributed by atoms with Crippen LogP contribution in [0.2, 0.25) is 0 Å². The average molecular weight is 342 g/mol. The molecule has 0 aliphatic carbocycles. The lowest BCUT2D eigenvalue weighted by Gasteiger charge is -2.36. The van der Waals surface area contributed by atoms with Crippen LogP contribution < -0.4 is 5.32 Å². The molecule has 0 aromatic carbocycles. The Bertz CT molecular complexity index is 418. The van der Waals surface area contributed by atoms with E-state index in [1.54, 1.807) is 0 Å². The monoisotopic (exact) mass is 342 g/mol. The molecule has 1 N–H and O–H groups in total.